The first kappa shape index (κ1) is 14.7. The Morgan fingerprint density at radius 1 is 1.45 bits per heavy atom. The highest BCUT2D eigenvalue weighted by molar-refractivity contribution is 9.10. The van der Waals surface area contributed by atoms with Crippen LogP contribution in [0.3, 0.4) is 0 Å². The lowest BCUT2D eigenvalue weighted by molar-refractivity contribution is 0.0527. The van der Waals surface area contributed by atoms with E-state index in [2.05, 4.69) is 33.3 Å². The van der Waals surface area contributed by atoms with Crippen LogP contribution >= 0.6 is 15.9 Å². The summed E-state index contributed by atoms with van der Waals surface area (Å²) in [6.45, 7) is 4.12. The van der Waals surface area contributed by atoms with Crippen molar-refractivity contribution in [2.75, 3.05) is 12.0 Å². The molecule has 0 aliphatic heterocycles. The number of fused-ring (bicyclic) bond motifs is 1. The van der Waals surface area contributed by atoms with E-state index in [1.807, 2.05) is 12.1 Å². The van der Waals surface area contributed by atoms with Gasteiger partial charge < -0.3 is 10.2 Å². The third-order valence-corrected chi connectivity index (χ3v) is 3.49. The van der Waals surface area contributed by atoms with Crippen LogP contribution in [0.15, 0.2) is 22.8 Å². The molecule has 0 unspecified atom stereocenters. The van der Waals surface area contributed by atoms with Crippen molar-refractivity contribution in [1.29, 1.82) is 0 Å². The first-order valence-electron chi connectivity index (χ1n) is 6.37. The summed E-state index contributed by atoms with van der Waals surface area (Å²) in [6.07, 6.45) is 2.34. The summed E-state index contributed by atoms with van der Waals surface area (Å²) in [5.41, 5.74) is 5.38. The van der Waals surface area contributed by atoms with Crippen molar-refractivity contribution in [2.24, 2.45) is 5.84 Å². The van der Waals surface area contributed by atoms with Gasteiger partial charge in [-0.2, -0.15) is 0 Å². The van der Waals surface area contributed by atoms with E-state index in [1.165, 1.54) is 6.20 Å². The Hall–Kier alpha value is -1.66. The molecule has 0 saturated heterocycles. The van der Waals surface area contributed by atoms with Gasteiger partial charge in [-0.3, -0.25) is 10.8 Å². The number of nitrogen functional groups attached to an aromatic ring is 1. The maximum Gasteiger partial charge on any atom is 0.341 e. The topological polar surface area (TPSA) is 77.2 Å². The summed E-state index contributed by atoms with van der Waals surface area (Å²) in [4.78, 5) is 16.3. The molecule has 3 N–H and O–H groups in total. The molecule has 0 atom stereocenters. The predicted molar refractivity (Wildman–Crippen MR) is 82.6 cm³/mol. The second kappa shape index (κ2) is 6.19. The minimum absolute atomic E-state index is 0.305. The first-order valence-corrected chi connectivity index (χ1v) is 7.16. The number of nitrogens with zero attached hydrogens (tertiary/aromatic N) is 1. The van der Waals surface area contributed by atoms with Crippen LogP contribution < -0.4 is 11.3 Å². The Morgan fingerprint density at radius 2 is 2.20 bits per heavy atom. The van der Waals surface area contributed by atoms with Crippen molar-refractivity contribution in [3.8, 4) is 0 Å². The predicted octanol–water partition coefficient (Wildman–Crippen LogP) is 3.02. The van der Waals surface area contributed by atoms with Gasteiger partial charge in [0.1, 0.15) is 5.56 Å². The number of aromatic nitrogens is 1. The quantitative estimate of drug-likeness (QED) is 0.509. The summed E-state index contributed by atoms with van der Waals surface area (Å²) >= 11 is 3.47. The molecule has 0 saturated carbocycles. The van der Waals surface area contributed by atoms with E-state index in [4.69, 9.17) is 10.6 Å². The number of ether oxygens (including phenoxy) is 1. The fourth-order valence-corrected chi connectivity index (χ4v) is 2.63. The SMILES string of the molecule is CCOC(=O)c1cnc2c(CC)cc(Br)cc2c1NN. The maximum absolute atomic E-state index is 11.9. The molecule has 5 nitrogen and oxygen atoms in total. The smallest absolute Gasteiger partial charge is 0.341 e. The van der Waals surface area contributed by atoms with Crippen LogP contribution in [-0.4, -0.2) is 17.6 Å². The lowest BCUT2D eigenvalue weighted by atomic mass is 10.0. The molecule has 1 heterocycles. The lowest BCUT2D eigenvalue weighted by Crippen LogP contribution is -2.15. The number of pyridine rings is 1. The third-order valence-electron chi connectivity index (χ3n) is 3.04. The maximum atomic E-state index is 11.9. The van der Waals surface area contributed by atoms with Crippen LogP contribution in [0.25, 0.3) is 10.9 Å². The minimum Gasteiger partial charge on any atom is -0.462 e. The molecule has 0 bridgehead atoms. The largest absolute Gasteiger partial charge is 0.462 e. The van der Waals surface area contributed by atoms with Crippen molar-refractivity contribution in [3.63, 3.8) is 0 Å². The standard InChI is InChI=1S/C14H16BrN3O2/c1-3-8-5-9(15)6-10-12(8)17-7-11(13(10)18-16)14(19)20-4-2/h5-7H,3-4,16H2,1-2H3,(H,17,18). The number of hydrazine groups is 1. The van der Waals surface area contributed by atoms with Gasteiger partial charge in [0.2, 0.25) is 0 Å². The number of esters is 1. The minimum atomic E-state index is -0.437. The van der Waals surface area contributed by atoms with Crippen LogP contribution in [0, 0.1) is 0 Å². The molecular formula is C14H16BrN3O2. The first-order chi connectivity index (χ1) is 9.62. The zero-order valence-electron chi connectivity index (χ0n) is 11.4. The molecule has 6 heteroatoms. The summed E-state index contributed by atoms with van der Waals surface area (Å²) in [5, 5.41) is 0.796. The van der Waals surface area contributed by atoms with Gasteiger partial charge in [-0.15, -0.1) is 0 Å². The molecule has 2 aromatic rings. The van der Waals surface area contributed by atoms with Crippen molar-refractivity contribution < 1.29 is 9.53 Å². The van der Waals surface area contributed by atoms with Crippen LogP contribution in [0.5, 0.6) is 0 Å². The number of aryl methyl sites for hydroxylation is 1. The highest BCUT2D eigenvalue weighted by Gasteiger charge is 2.17. The monoisotopic (exact) mass is 337 g/mol. The molecular weight excluding hydrogens is 322 g/mol. The van der Waals surface area contributed by atoms with E-state index >= 15 is 0 Å². The Labute approximate surface area is 125 Å². The second-order valence-corrected chi connectivity index (χ2v) is 5.14. The van der Waals surface area contributed by atoms with Crippen molar-refractivity contribution in [1.82, 2.24) is 4.98 Å². The highest BCUT2D eigenvalue weighted by atomic mass is 79.9. The van der Waals surface area contributed by atoms with Crippen LogP contribution in [0.4, 0.5) is 5.69 Å². The van der Waals surface area contributed by atoms with Gasteiger partial charge in [-0.05, 0) is 31.0 Å². The Balaban J connectivity index is 2.73. The molecule has 106 valence electrons. The number of hydrogen-bond donors (Lipinski definition) is 2. The number of carbonyl (C=O) groups excluding carboxylic acids is 1. The van der Waals surface area contributed by atoms with E-state index in [1.54, 1.807) is 6.92 Å². The molecule has 0 amide bonds. The molecule has 0 spiro atoms. The molecule has 1 aromatic carbocycles. The van der Waals surface area contributed by atoms with E-state index in [0.29, 0.717) is 17.9 Å². The van der Waals surface area contributed by atoms with E-state index in [9.17, 15) is 4.79 Å². The number of benzene rings is 1. The average Bonchev–Trinajstić information content (AvgIpc) is 2.45. The number of nitrogens with two attached hydrogens (primary N) is 1. The van der Waals surface area contributed by atoms with Crippen LogP contribution in [0.1, 0.15) is 29.8 Å². The van der Waals surface area contributed by atoms with Gasteiger partial charge in [-0.25, -0.2) is 4.79 Å². The number of carbonyl (C=O) groups is 1. The van der Waals surface area contributed by atoms with Gasteiger partial charge in [0, 0.05) is 16.1 Å². The Kier molecular flexibility index (Phi) is 4.57. The van der Waals surface area contributed by atoms with Gasteiger partial charge in [-0.1, -0.05) is 22.9 Å². The summed E-state index contributed by atoms with van der Waals surface area (Å²) in [5.74, 6) is 5.15. The Bertz CT molecular complexity index is 658. The molecule has 20 heavy (non-hydrogen) atoms. The fraction of sp³-hybridized carbons (Fsp3) is 0.286. The number of halogens is 1. The Morgan fingerprint density at radius 3 is 2.80 bits per heavy atom. The fourth-order valence-electron chi connectivity index (χ4n) is 2.13. The number of anilines is 1. The molecule has 0 aliphatic carbocycles. The summed E-state index contributed by atoms with van der Waals surface area (Å²) < 4.78 is 5.94. The molecule has 2 rings (SSSR count). The number of hydrogen-bond acceptors (Lipinski definition) is 5. The normalized spacial score (nSPS) is 10.6. The third kappa shape index (κ3) is 2.62. The van der Waals surface area contributed by atoms with E-state index < -0.39 is 5.97 Å². The van der Waals surface area contributed by atoms with Crippen molar-refractivity contribution in [3.05, 3.63) is 33.9 Å². The van der Waals surface area contributed by atoms with E-state index in [-0.39, 0.29) is 0 Å². The zero-order chi connectivity index (χ0) is 14.7. The second-order valence-electron chi connectivity index (χ2n) is 4.23. The lowest BCUT2D eigenvalue weighted by Gasteiger charge is -2.13. The van der Waals surface area contributed by atoms with Gasteiger partial charge >= 0.3 is 5.97 Å². The average molecular weight is 338 g/mol. The van der Waals surface area contributed by atoms with Gasteiger partial charge in [0.25, 0.3) is 0 Å². The molecule has 0 radical (unpaired) electrons. The van der Waals surface area contributed by atoms with Gasteiger partial charge in [0.15, 0.2) is 0 Å². The zero-order valence-corrected chi connectivity index (χ0v) is 13.0. The number of rotatable bonds is 4. The van der Waals surface area contributed by atoms with Crippen molar-refractivity contribution in [2.45, 2.75) is 20.3 Å². The van der Waals surface area contributed by atoms with Crippen molar-refractivity contribution >= 4 is 38.5 Å². The van der Waals surface area contributed by atoms with Crippen LogP contribution in [-0.2, 0) is 11.2 Å². The highest BCUT2D eigenvalue weighted by Crippen LogP contribution is 2.31. The molecule has 0 fully saturated rings. The number of nitrogens with one attached hydrogen (secondary N) is 1. The van der Waals surface area contributed by atoms with Crippen LogP contribution in [0.2, 0.25) is 0 Å². The summed E-state index contributed by atoms with van der Waals surface area (Å²) in [6, 6.07) is 3.90. The van der Waals surface area contributed by atoms with Gasteiger partial charge in [0.05, 0.1) is 17.8 Å². The van der Waals surface area contributed by atoms with E-state index in [0.717, 1.165) is 27.4 Å². The summed E-state index contributed by atoms with van der Waals surface area (Å²) in [7, 11) is 0. The molecule has 0 aliphatic rings. The molecule has 1 aromatic heterocycles.